The fourth-order valence-electron chi connectivity index (χ4n) is 7.24. The van der Waals surface area contributed by atoms with Crippen molar-refractivity contribution in [1.29, 1.82) is 0 Å². The molecule has 0 aliphatic rings. The molecule has 0 radical (unpaired) electrons. The van der Waals surface area contributed by atoms with Crippen LogP contribution in [0.4, 0.5) is 0 Å². The van der Waals surface area contributed by atoms with Crippen LogP contribution in [0.1, 0.15) is 33.4 Å². The van der Waals surface area contributed by atoms with Gasteiger partial charge >= 0.3 is 294 Å². The zero-order valence-corrected chi connectivity index (χ0v) is 30.6. The molecule has 0 bridgehead atoms. The number of fused-ring (bicyclic) bond motifs is 2. The van der Waals surface area contributed by atoms with Gasteiger partial charge in [0.2, 0.25) is 0 Å². The van der Waals surface area contributed by atoms with Crippen molar-refractivity contribution in [2.45, 2.75) is 0 Å². The number of hydrogen-bond acceptors (Lipinski definition) is 2. The van der Waals surface area contributed by atoms with E-state index in [9.17, 15) is 0 Å². The molecule has 3 heteroatoms. The Morgan fingerprint density at radius 3 is 0.962 bits per heavy atom. The molecule has 0 unspecified atom stereocenters. The Bertz CT molecular complexity index is 2440. The molecule has 1 aromatic heterocycles. The molecule has 0 spiro atoms. The van der Waals surface area contributed by atoms with Crippen molar-refractivity contribution in [1.82, 2.24) is 7.96 Å². The molecular formula is C50H34N2Se. The summed E-state index contributed by atoms with van der Waals surface area (Å²) in [4.78, 5) is 0. The summed E-state index contributed by atoms with van der Waals surface area (Å²) in [5, 5.41) is 2.38. The second kappa shape index (κ2) is 14.7. The van der Waals surface area contributed by atoms with Gasteiger partial charge in [-0.2, -0.15) is 0 Å². The van der Waals surface area contributed by atoms with E-state index in [-0.39, 0.29) is 15.0 Å². The Labute approximate surface area is 316 Å². The minimum absolute atomic E-state index is 0.199. The number of nitrogens with zero attached hydrogens (tertiary/aromatic N) is 2. The molecule has 9 aromatic rings. The van der Waals surface area contributed by atoms with Gasteiger partial charge in [0.15, 0.2) is 0 Å². The summed E-state index contributed by atoms with van der Waals surface area (Å²) in [6.07, 6.45) is 4.56. The predicted octanol–water partition coefficient (Wildman–Crippen LogP) is 12.4. The third-order valence-electron chi connectivity index (χ3n) is 9.79. The Morgan fingerprint density at radius 2 is 0.642 bits per heavy atom. The Morgan fingerprint density at radius 1 is 0.340 bits per heavy atom. The molecule has 0 atom stereocenters. The molecule has 53 heavy (non-hydrogen) atoms. The van der Waals surface area contributed by atoms with Gasteiger partial charge in [0.05, 0.1) is 0 Å². The minimum atomic E-state index is -0.199. The van der Waals surface area contributed by atoms with E-state index in [1.165, 1.54) is 44.2 Å². The second-order valence-electron chi connectivity index (χ2n) is 13.1. The standard InChI is InChI=1S/C50H34N2Se/c1-5-15-37(16-6-1)45(38-17-7-2-8-18-38)33-35-25-29-41(30-26-35)47-43-23-13-14-24-44(43)48(50-49(47)51-53-52-50)42-31-27-36(28-32-42)34-46(39-19-9-3-10-20-39)40-21-11-4-12-22-40/h1-34H. The van der Waals surface area contributed by atoms with Crippen molar-refractivity contribution in [3.8, 4) is 22.3 Å². The Hall–Kier alpha value is -6.38. The van der Waals surface area contributed by atoms with E-state index < -0.39 is 0 Å². The molecule has 9 rings (SSSR count). The van der Waals surface area contributed by atoms with Gasteiger partial charge in [0.1, 0.15) is 0 Å². The average Bonchev–Trinajstić information content (AvgIpc) is 3.72. The molecule has 0 fully saturated rings. The van der Waals surface area contributed by atoms with E-state index in [1.54, 1.807) is 0 Å². The molecule has 250 valence electrons. The number of rotatable bonds is 8. The topological polar surface area (TPSA) is 25.8 Å². The van der Waals surface area contributed by atoms with Gasteiger partial charge < -0.3 is 0 Å². The molecule has 2 nitrogen and oxygen atoms in total. The second-order valence-corrected chi connectivity index (χ2v) is 14.2. The average molecular weight is 742 g/mol. The van der Waals surface area contributed by atoms with E-state index in [0.717, 1.165) is 44.4 Å². The third kappa shape index (κ3) is 6.61. The molecule has 0 saturated carbocycles. The first-order chi connectivity index (χ1) is 26.3. The summed E-state index contributed by atoms with van der Waals surface area (Å²) in [7, 11) is 0. The van der Waals surface area contributed by atoms with Crippen LogP contribution in [0.5, 0.6) is 0 Å². The van der Waals surface area contributed by atoms with Crippen LogP contribution >= 0.6 is 0 Å². The summed E-state index contributed by atoms with van der Waals surface area (Å²) in [6, 6.07) is 69.0. The van der Waals surface area contributed by atoms with Crippen molar-refractivity contribution < 1.29 is 0 Å². The van der Waals surface area contributed by atoms with Crippen LogP contribution in [-0.2, 0) is 0 Å². The quantitative estimate of drug-likeness (QED) is 0.114. The third-order valence-corrected chi connectivity index (χ3v) is 10.9. The van der Waals surface area contributed by atoms with Crippen molar-refractivity contribution in [3.63, 3.8) is 0 Å². The maximum atomic E-state index is 5.06. The Balaban J connectivity index is 1.11. The number of hydrogen-bond donors (Lipinski definition) is 0. The van der Waals surface area contributed by atoms with Gasteiger partial charge in [-0.25, -0.2) is 0 Å². The van der Waals surface area contributed by atoms with Crippen LogP contribution in [0.3, 0.4) is 0 Å². The van der Waals surface area contributed by atoms with Crippen LogP contribution in [-0.4, -0.2) is 22.9 Å². The van der Waals surface area contributed by atoms with Gasteiger partial charge in [0, 0.05) is 0 Å². The summed E-state index contributed by atoms with van der Waals surface area (Å²) in [6.45, 7) is 0. The first-order valence-electron chi connectivity index (χ1n) is 17.8. The summed E-state index contributed by atoms with van der Waals surface area (Å²) in [5.74, 6) is 0. The normalized spacial score (nSPS) is 11.0. The summed E-state index contributed by atoms with van der Waals surface area (Å²) >= 11 is -0.199. The van der Waals surface area contributed by atoms with Crippen molar-refractivity contribution in [2.75, 3.05) is 0 Å². The predicted molar refractivity (Wildman–Crippen MR) is 225 cm³/mol. The van der Waals surface area contributed by atoms with E-state index in [4.69, 9.17) is 7.96 Å². The first kappa shape index (κ1) is 32.5. The monoisotopic (exact) mass is 742 g/mol. The van der Waals surface area contributed by atoms with Crippen molar-refractivity contribution in [2.24, 2.45) is 0 Å². The Kier molecular flexibility index (Phi) is 9.02. The van der Waals surface area contributed by atoms with E-state index in [0.29, 0.717) is 0 Å². The van der Waals surface area contributed by atoms with Crippen LogP contribution in [0.25, 0.3) is 67.4 Å². The molecule has 0 amide bonds. The van der Waals surface area contributed by atoms with Gasteiger partial charge in [-0.05, 0) is 0 Å². The summed E-state index contributed by atoms with van der Waals surface area (Å²) in [5.41, 5.74) is 16.1. The zero-order chi connectivity index (χ0) is 35.4. The first-order valence-corrected chi connectivity index (χ1v) is 19.4. The van der Waals surface area contributed by atoms with E-state index in [1.807, 2.05) is 0 Å². The van der Waals surface area contributed by atoms with Crippen LogP contribution in [0, 0.1) is 0 Å². The number of aromatic nitrogens is 2. The van der Waals surface area contributed by atoms with E-state index in [2.05, 4.69) is 206 Å². The maximum absolute atomic E-state index is 5.06. The molecule has 8 aromatic carbocycles. The zero-order valence-electron chi connectivity index (χ0n) is 28.9. The molecule has 0 aliphatic heterocycles. The molecule has 0 N–H and O–H groups in total. The summed E-state index contributed by atoms with van der Waals surface area (Å²) < 4.78 is 10.1. The van der Waals surface area contributed by atoms with Crippen LogP contribution in [0.2, 0.25) is 0 Å². The molecule has 0 aliphatic carbocycles. The van der Waals surface area contributed by atoms with Crippen LogP contribution in [0.15, 0.2) is 194 Å². The fraction of sp³-hybridized carbons (Fsp3) is 0. The number of benzene rings is 8. The molecule has 1 heterocycles. The van der Waals surface area contributed by atoms with Gasteiger partial charge in [-0.3, -0.25) is 0 Å². The van der Waals surface area contributed by atoms with E-state index >= 15 is 0 Å². The van der Waals surface area contributed by atoms with Crippen molar-refractivity contribution >= 4 is 60.1 Å². The molecule has 0 saturated heterocycles. The molecular weight excluding hydrogens is 708 g/mol. The van der Waals surface area contributed by atoms with Gasteiger partial charge in [0.25, 0.3) is 0 Å². The van der Waals surface area contributed by atoms with Gasteiger partial charge in [-0.1, -0.05) is 24.3 Å². The SMILES string of the molecule is C(=C(c1ccccc1)c1ccccc1)c1ccc(-c2c3ccccc3c(-c3ccc(C=C(c4ccccc4)c4ccccc4)cc3)c3n[se]nc23)cc1. The van der Waals surface area contributed by atoms with Crippen LogP contribution < -0.4 is 0 Å². The van der Waals surface area contributed by atoms with Gasteiger partial charge in [-0.15, -0.1) is 0 Å². The van der Waals surface area contributed by atoms with Crippen molar-refractivity contribution in [3.05, 3.63) is 228 Å². The fourth-order valence-corrected chi connectivity index (χ4v) is 8.41.